The largest absolute Gasteiger partial charge is 0.497 e. The molecule has 1 heterocycles. The maximum absolute atomic E-state index is 12.5. The van der Waals surface area contributed by atoms with Crippen LogP contribution >= 0.6 is 0 Å². The summed E-state index contributed by atoms with van der Waals surface area (Å²) in [7, 11) is 1.52. The maximum Gasteiger partial charge on any atom is 0.204 e. The van der Waals surface area contributed by atoms with E-state index in [9.17, 15) is 9.59 Å². The molecule has 0 radical (unpaired) electrons. The average Bonchev–Trinajstić information content (AvgIpc) is 2.55. The van der Waals surface area contributed by atoms with Crippen molar-refractivity contribution in [2.75, 3.05) is 7.11 Å². The standard InChI is InChI=1S/C17H12O4/c1-20-12-7-8-15-13(9-12)17(19)14(10-21-15)16(18)11-5-3-2-4-6-11/h2-10H,1H3. The number of benzene rings is 2. The molecular formula is C17H12O4. The molecule has 0 atom stereocenters. The average molecular weight is 280 g/mol. The minimum atomic E-state index is -0.357. The van der Waals surface area contributed by atoms with Crippen molar-refractivity contribution in [1.82, 2.24) is 0 Å². The highest BCUT2D eigenvalue weighted by Crippen LogP contribution is 2.19. The number of rotatable bonds is 3. The third kappa shape index (κ3) is 2.31. The molecule has 2 aromatic carbocycles. The van der Waals surface area contributed by atoms with Crippen LogP contribution in [0.3, 0.4) is 0 Å². The van der Waals surface area contributed by atoms with Gasteiger partial charge >= 0.3 is 0 Å². The van der Waals surface area contributed by atoms with Gasteiger partial charge in [0, 0.05) is 5.56 Å². The molecule has 0 bridgehead atoms. The van der Waals surface area contributed by atoms with Crippen LogP contribution in [0.15, 0.2) is 64.0 Å². The molecule has 0 saturated heterocycles. The number of methoxy groups -OCH3 is 1. The smallest absolute Gasteiger partial charge is 0.204 e. The maximum atomic E-state index is 12.5. The third-order valence-corrected chi connectivity index (χ3v) is 3.26. The van der Waals surface area contributed by atoms with Gasteiger partial charge in [0.1, 0.15) is 23.2 Å². The summed E-state index contributed by atoms with van der Waals surface area (Å²) < 4.78 is 10.5. The fourth-order valence-electron chi connectivity index (χ4n) is 2.14. The molecule has 0 N–H and O–H groups in total. The zero-order valence-electron chi connectivity index (χ0n) is 11.3. The Balaban J connectivity index is 2.18. The van der Waals surface area contributed by atoms with Gasteiger partial charge in [-0.25, -0.2) is 0 Å². The van der Waals surface area contributed by atoms with E-state index < -0.39 is 0 Å². The minimum Gasteiger partial charge on any atom is -0.497 e. The van der Waals surface area contributed by atoms with Gasteiger partial charge in [-0.2, -0.15) is 0 Å². The van der Waals surface area contributed by atoms with Gasteiger partial charge in [-0.1, -0.05) is 30.3 Å². The Hall–Kier alpha value is -2.88. The number of hydrogen-bond acceptors (Lipinski definition) is 4. The number of fused-ring (bicyclic) bond motifs is 1. The zero-order chi connectivity index (χ0) is 14.8. The van der Waals surface area contributed by atoms with Crippen molar-refractivity contribution < 1.29 is 13.9 Å². The van der Waals surface area contributed by atoms with Crippen molar-refractivity contribution in [2.45, 2.75) is 0 Å². The molecule has 0 saturated carbocycles. The number of carbonyl (C=O) groups excluding carboxylic acids is 1. The number of ether oxygens (including phenoxy) is 1. The van der Waals surface area contributed by atoms with Gasteiger partial charge in [0.25, 0.3) is 0 Å². The zero-order valence-corrected chi connectivity index (χ0v) is 11.3. The van der Waals surface area contributed by atoms with E-state index in [2.05, 4.69) is 0 Å². The molecule has 3 rings (SSSR count). The Morgan fingerprint density at radius 3 is 2.57 bits per heavy atom. The van der Waals surface area contributed by atoms with Crippen LogP contribution in [0.25, 0.3) is 11.0 Å². The first kappa shape index (κ1) is 13.1. The van der Waals surface area contributed by atoms with Crippen LogP contribution in [0.4, 0.5) is 0 Å². The summed E-state index contributed by atoms with van der Waals surface area (Å²) in [5.74, 6) is 0.188. The normalized spacial score (nSPS) is 10.5. The number of ketones is 1. The van der Waals surface area contributed by atoms with Crippen molar-refractivity contribution in [2.24, 2.45) is 0 Å². The molecule has 0 aliphatic heterocycles. The summed E-state index contributed by atoms with van der Waals surface area (Å²) in [6.45, 7) is 0. The van der Waals surface area contributed by atoms with E-state index in [1.807, 2.05) is 6.07 Å². The quantitative estimate of drug-likeness (QED) is 0.692. The molecule has 104 valence electrons. The Kier molecular flexibility index (Phi) is 3.28. The van der Waals surface area contributed by atoms with E-state index in [4.69, 9.17) is 9.15 Å². The van der Waals surface area contributed by atoms with Crippen molar-refractivity contribution in [3.63, 3.8) is 0 Å². The molecule has 0 amide bonds. The second-order valence-corrected chi connectivity index (χ2v) is 4.54. The van der Waals surface area contributed by atoms with Gasteiger partial charge < -0.3 is 9.15 Å². The van der Waals surface area contributed by atoms with Gasteiger partial charge in [0.2, 0.25) is 5.43 Å². The van der Waals surface area contributed by atoms with Crippen molar-refractivity contribution in [3.05, 3.63) is 76.1 Å². The number of hydrogen-bond donors (Lipinski definition) is 0. The van der Waals surface area contributed by atoms with E-state index in [0.717, 1.165) is 0 Å². The van der Waals surface area contributed by atoms with E-state index in [1.165, 1.54) is 13.4 Å². The summed E-state index contributed by atoms with van der Waals surface area (Å²) in [6, 6.07) is 13.6. The highest BCUT2D eigenvalue weighted by Gasteiger charge is 2.16. The van der Waals surface area contributed by atoms with E-state index in [-0.39, 0.29) is 16.8 Å². The van der Waals surface area contributed by atoms with Crippen LogP contribution in [0.2, 0.25) is 0 Å². The van der Waals surface area contributed by atoms with Crippen molar-refractivity contribution in [3.8, 4) is 5.75 Å². The topological polar surface area (TPSA) is 56.5 Å². The molecule has 0 aliphatic rings. The van der Waals surface area contributed by atoms with E-state index >= 15 is 0 Å². The lowest BCUT2D eigenvalue weighted by atomic mass is 10.0. The molecule has 21 heavy (non-hydrogen) atoms. The van der Waals surface area contributed by atoms with E-state index in [0.29, 0.717) is 22.3 Å². The van der Waals surface area contributed by atoms with Crippen LogP contribution < -0.4 is 10.2 Å². The van der Waals surface area contributed by atoms with Gasteiger partial charge in [-0.3, -0.25) is 9.59 Å². The Bertz CT molecular complexity index is 863. The predicted molar refractivity (Wildman–Crippen MR) is 78.9 cm³/mol. The lowest BCUT2D eigenvalue weighted by Gasteiger charge is -2.04. The minimum absolute atomic E-state index is 0.0157. The summed E-state index contributed by atoms with van der Waals surface area (Å²) in [6.07, 6.45) is 1.21. The lowest BCUT2D eigenvalue weighted by molar-refractivity contribution is 0.103. The van der Waals surface area contributed by atoms with Crippen LogP contribution in [0.1, 0.15) is 15.9 Å². The summed E-state index contributed by atoms with van der Waals surface area (Å²) in [5.41, 5.74) is 0.531. The first-order chi connectivity index (χ1) is 10.2. The van der Waals surface area contributed by atoms with Gasteiger partial charge in [-0.05, 0) is 18.2 Å². The summed E-state index contributed by atoms with van der Waals surface area (Å²) in [5, 5.41) is 0.330. The van der Waals surface area contributed by atoms with Crippen molar-refractivity contribution in [1.29, 1.82) is 0 Å². The lowest BCUT2D eigenvalue weighted by Crippen LogP contribution is -2.15. The Labute approximate surface area is 120 Å². The fourth-order valence-corrected chi connectivity index (χ4v) is 2.14. The molecule has 0 aliphatic carbocycles. The van der Waals surface area contributed by atoms with Crippen LogP contribution in [0, 0.1) is 0 Å². The predicted octanol–water partition coefficient (Wildman–Crippen LogP) is 3.03. The monoisotopic (exact) mass is 280 g/mol. The van der Waals surface area contributed by atoms with Gasteiger partial charge in [0.15, 0.2) is 5.78 Å². The number of carbonyl (C=O) groups is 1. The van der Waals surface area contributed by atoms with Crippen molar-refractivity contribution >= 4 is 16.8 Å². The highest BCUT2D eigenvalue weighted by molar-refractivity contribution is 6.09. The second kappa shape index (κ2) is 5.25. The molecule has 1 aromatic heterocycles. The molecule has 4 heteroatoms. The summed E-state index contributed by atoms with van der Waals surface area (Å²) in [4.78, 5) is 24.8. The molecule has 0 fully saturated rings. The van der Waals surface area contributed by atoms with E-state index in [1.54, 1.807) is 42.5 Å². The second-order valence-electron chi connectivity index (χ2n) is 4.54. The Morgan fingerprint density at radius 1 is 1.10 bits per heavy atom. The van der Waals surface area contributed by atoms with Gasteiger partial charge in [0.05, 0.1) is 12.5 Å². The van der Waals surface area contributed by atoms with Crippen LogP contribution in [-0.2, 0) is 0 Å². The highest BCUT2D eigenvalue weighted by atomic mass is 16.5. The molecule has 4 nitrogen and oxygen atoms in total. The Morgan fingerprint density at radius 2 is 1.86 bits per heavy atom. The van der Waals surface area contributed by atoms with Gasteiger partial charge in [-0.15, -0.1) is 0 Å². The fraction of sp³-hybridized carbons (Fsp3) is 0.0588. The van der Waals surface area contributed by atoms with Crippen LogP contribution in [-0.4, -0.2) is 12.9 Å². The molecule has 0 spiro atoms. The third-order valence-electron chi connectivity index (χ3n) is 3.26. The first-order valence-electron chi connectivity index (χ1n) is 6.40. The molecule has 0 unspecified atom stereocenters. The first-order valence-corrected chi connectivity index (χ1v) is 6.40. The summed E-state index contributed by atoms with van der Waals surface area (Å²) >= 11 is 0. The van der Waals surface area contributed by atoms with Crippen LogP contribution in [0.5, 0.6) is 5.75 Å². The SMILES string of the molecule is COc1ccc2occ(C(=O)c3ccccc3)c(=O)c2c1. The molecule has 3 aromatic rings. The molecular weight excluding hydrogens is 268 g/mol.